The number of esters is 1. The molecule has 8 heteroatoms. The number of carbonyl (C=O) groups is 3. The third-order valence-corrected chi connectivity index (χ3v) is 5.91. The minimum atomic E-state index is -0.856. The maximum Gasteiger partial charge on any atom is 0.310 e. The van der Waals surface area contributed by atoms with Gasteiger partial charge in [-0.3, -0.25) is 14.4 Å². The van der Waals surface area contributed by atoms with Crippen LogP contribution in [0, 0.1) is 0 Å². The monoisotopic (exact) mass is 451 g/mol. The summed E-state index contributed by atoms with van der Waals surface area (Å²) < 4.78 is 11.0. The Morgan fingerprint density at radius 2 is 1.82 bits per heavy atom. The van der Waals surface area contributed by atoms with Gasteiger partial charge in [-0.25, -0.2) is 0 Å². The van der Waals surface area contributed by atoms with Gasteiger partial charge in [0.2, 0.25) is 18.1 Å². The van der Waals surface area contributed by atoms with Crippen molar-refractivity contribution >= 4 is 23.5 Å². The minimum absolute atomic E-state index is 0.0395. The van der Waals surface area contributed by atoms with E-state index in [1.165, 1.54) is 0 Å². The van der Waals surface area contributed by atoms with Gasteiger partial charge in [-0.05, 0) is 37.5 Å². The molecule has 0 aromatic heterocycles. The molecule has 0 aliphatic carbocycles. The van der Waals surface area contributed by atoms with E-state index >= 15 is 0 Å². The fraction of sp³-hybridized carbons (Fsp3) is 0.400. The summed E-state index contributed by atoms with van der Waals surface area (Å²) in [6.45, 7) is 2.58. The maximum absolute atomic E-state index is 13.1. The van der Waals surface area contributed by atoms with Gasteiger partial charge in [-0.2, -0.15) is 0 Å². The van der Waals surface area contributed by atoms with E-state index in [1.54, 1.807) is 11.8 Å². The van der Waals surface area contributed by atoms with Crippen molar-refractivity contribution < 1.29 is 23.9 Å². The Balaban J connectivity index is 1.35. The van der Waals surface area contributed by atoms with Crippen LogP contribution in [0.15, 0.2) is 60.7 Å². The summed E-state index contributed by atoms with van der Waals surface area (Å²) in [4.78, 5) is 39.6. The molecule has 4 atom stereocenters. The number of nitrogens with zero attached hydrogens (tertiary/aromatic N) is 1. The molecule has 2 saturated heterocycles. The summed E-state index contributed by atoms with van der Waals surface area (Å²) in [5.74, 6) is -0.838. The fourth-order valence-corrected chi connectivity index (χ4v) is 4.23. The summed E-state index contributed by atoms with van der Waals surface area (Å²) in [6, 6.07) is 17.4. The van der Waals surface area contributed by atoms with Crippen molar-refractivity contribution in [2.75, 3.05) is 11.9 Å². The molecule has 2 amide bonds. The van der Waals surface area contributed by atoms with Crippen molar-refractivity contribution in [3.05, 3.63) is 66.2 Å². The molecule has 2 N–H and O–H groups in total. The Kier molecular flexibility index (Phi) is 7.24. The molecule has 8 nitrogen and oxygen atoms in total. The molecule has 2 aromatic rings. The van der Waals surface area contributed by atoms with Crippen molar-refractivity contribution in [3.8, 4) is 0 Å². The molecule has 0 radical (unpaired) electrons. The number of nitrogens with one attached hydrogen (secondary N) is 2. The number of para-hydroxylation sites is 1. The van der Waals surface area contributed by atoms with Crippen LogP contribution < -0.4 is 10.6 Å². The standard InChI is InChI=1S/C25H29N3O5/c1-17(26-19-11-6-3-7-12-19)24(31)28-14-8-13-21(28)23(30)27-20-15-22(29)33-25(20)32-16-18-9-4-2-5-10-18/h2-7,9-12,17,20-21,25-26H,8,13-16H2,1H3,(H,27,30)/t17-,20-,21-,25?/m0/s1. The van der Waals surface area contributed by atoms with Gasteiger partial charge in [0.05, 0.1) is 13.0 Å². The third-order valence-electron chi connectivity index (χ3n) is 5.91. The molecule has 2 heterocycles. The highest BCUT2D eigenvalue weighted by atomic mass is 16.7. The molecule has 2 aliphatic rings. The maximum atomic E-state index is 13.1. The number of benzene rings is 2. The second kappa shape index (κ2) is 10.5. The Morgan fingerprint density at radius 1 is 1.12 bits per heavy atom. The SMILES string of the molecule is C[C@H](Nc1ccccc1)C(=O)N1CCC[C@H]1C(=O)N[C@H]1CC(=O)OC1OCc1ccccc1. The normalized spacial score (nSPS) is 23.1. The highest BCUT2D eigenvalue weighted by molar-refractivity contribution is 5.92. The molecule has 0 spiro atoms. The predicted octanol–water partition coefficient (Wildman–Crippen LogP) is 2.45. The van der Waals surface area contributed by atoms with E-state index in [-0.39, 0.29) is 24.8 Å². The zero-order valence-corrected chi connectivity index (χ0v) is 18.6. The highest BCUT2D eigenvalue weighted by Crippen LogP contribution is 2.23. The summed E-state index contributed by atoms with van der Waals surface area (Å²) in [5, 5.41) is 6.08. The average molecular weight is 452 g/mol. The van der Waals surface area contributed by atoms with Crippen LogP contribution in [-0.4, -0.2) is 53.6 Å². The Bertz CT molecular complexity index is 969. The number of carbonyl (C=O) groups excluding carboxylic acids is 3. The number of rotatable bonds is 8. The predicted molar refractivity (Wildman–Crippen MR) is 122 cm³/mol. The van der Waals surface area contributed by atoms with Gasteiger partial charge in [0.25, 0.3) is 0 Å². The van der Waals surface area contributed by atoms with E-state index in [0.29, 0.717) is 13.0 Å². The second-order valence-electron chi connectivity index (χ2n) is 8.40. The van der Waals surface area contributed by atoms with E-state index in [9.17, 15) is 14.4 Å². The van der Waals surface area contributed by atoms with Crippen LogP contribution >= 0.6 is 0 Å². The number of anilines is 1. The summed E-state index contributed by atoms with van der Waals surface area (Å²) in [6.07, 6.45) is 0.506. The van der Waals surface area contributed by atoms with Crippen LogP contribution in [0.1, 0.15) is 31.7 Å². The average Bonchev–Trinajstić information content (AvgIpc) is 3.45. The number of amides is 2. The van der Waals surface area contributed by atoms with Gasteiger partial charge in [0.1, 0.15) is 18.1 Å². The van der Waals surface area contributed by atoms with E-state index in [0.717, 1.165) is 17.7 Å². The van der Waals surface area contributed by atoms with Crippen LogP contribution in [0.2, 0.25) is 0 Å². The van der Waals surface area contributed by atoms with Crippen molar-refractivity contribution in [1.29, 1.82) is 0 Å². The molecule has 2 fully saturated rings. The first-order chi connectivity index (χ1) is 16.0. The molecule has 0 bridgehead atoms. The van der Waals surface area contributed by atoms with Gasteiger partial charge in [0.15, 0.2) is 0 Å². The lowest BCUT2D eigenvalue weighted by Gasteiger charge is -2.29. The molecule has 2 aromatic carbocycles. The van der Waals surface area contributed by atoms with E-state index < -0.39 is 30.4 Å². The molecule has 33 heavy (non-hydrogen) atoms. The zero-order valence-electron chi connectivity index (χ0n) is 18.6. The van der Waals surface area contributed by atoms with Gasteiger partial charge < -0.3 is 25.0 Å². The van der Waals surface area contributed by atoms with Crippen molar-refractivity contribution in [2.45, 2.75) is 57.2 Å². The van der Waals surface area contributed by atoms with Crippen LogP contribution in [0.25, 0.3) is 0 Å². The lowest BCUT2D eigenvalue weighted by atomic mass is 10.1. The minimum Gasteiger partial charge on any atom is -0.433 e. The Labute approximate surface area is 193 Å². The summed E-state index contributed by atoms with van der Waals surface area (Å²) >= 11 is 0. The first-order valence-electron chi connectivity index (χ1n) is 11.3. The third kappa shape index (κ3) is 5.70. The topological polar surface area (TPSA) is 97.0 Å². The highest BCUT2D eigenvalue weighted by Gasteiger charge is 2.41. The first-order valence-corrected chi connectivity index (χ1v) is 11.3. The van der Waals surface area contributed by atoms with E-state index in [4.69, 9.17) is 9.47 Å². The number of likely N-dealkylation sites (tertiary alicyclic amines) is 1. The zero-order chi connectivity index (χ0) is 23.2. The molecule has 2 aliphatic heterocycles. The Hall–Kier alpha value is -3.39. The van der Waals surface area contributed by atoms with E-state index in [1.807, 2.05) is 60.7 Å². The van der Waals surface area contributed by atoms with Gasteiger partial charge >= 0.3 is 5.97 Å². The van der Waals surface area contributed by atoms with Gasteiger partial charge in [-0.15, -0.1) is 0 Å². The molecular formula is C25H29N3O5. The van der Waals surface area contributed by atoms with Crippen LogP contribution in [0.5, 0.6) is 0 Å². The fourth-order valence-electron chi connectivity index (χ4n) is 4.23. The van der Waals surface area contributed by atoms with Crippen molar-refractivity contribution in [3.63, 3.8) is 0 Å². The van der Waals surface area contributed by atoms with Gasteiger partial charge in [-0.1, -0.05) is 48.5 Å². The molecular weight excluding hydrogens is 422 g/mol. The lowest BCUT2D eigenvalue weighted by molar-refractivity contribution is -0.168. The van der Waals surface area contributed by atoms with Crippen molar-refractivity contribution in [1.82, 2.24) is 10.2 Å². The Morgan fingerprint density at radius 3 is 2.55 bits per heavy atom. The molecule has 0 saturated carbocycles. The number of hydrogen-bond donors (Lipinski definition) is 2. The molecule has 1 unspecified atom stereocenters. The van der Waals surface area contributed by atoms with E-state index in [2.05, 4.69) is 10.6 Å². The quantitative estimate of drug-likeness (QED) is 0.599. The second-order valence-corrected chi connectivity index (χ2v) is 8.40. The number of hydrogen-bond acceptors (Lipinski definition) is 6. The number of ether oxygens (including phenoxy) is 2. The van der Waals surface area contributed by atoms with Crippen molar-refractivity contribution in [2.24, 2.45) is 0 Å². The van der Waals surface area contributed by atoms with Crippen LogP contribution in [0.4, 0.5) is 5.69 Å². The first kappa shape index (κ1) is 22.8. The van der Waals surface area contributed by atoms with Gasteiger partial charge in [0, 0.05) is 12.2 Å². The summed E-state index contributed by atoms with van der Waals surface area (Å²) in [5.41, 5.74) is 1.79. The lowest BCUT2D eigenvalue weighted by Crippen LogP contribution is -2.53. The molecule has 174 valence electrons. The molecule has 4 rings (SSSR count). The summed E-state index contributed by atoms with van der Waals surface area (Å²) in [7, 11) is 0. The van der Waals surface area contributed by atoms with Crippen LogP contribution in [-0.2, 0) is 30.5 Å². The number of cyclic esters (lactones) is 1. The smallest absolute Gasteiger partial charge is 0.310 e. The largest absolute Gasteiger partial charge is 0.433 e. The van der Waals surface area contributed by atoms with Crippen LogP contribution in [0.3, 0.4) is 0 Å².